The number of aldehydes is 1. The lowest BCUT2D eigenvalue weighted by atomic mass is 10.2. The van der Waals surface area contributed by atoms with Crippen molar-refractivity contribution in [3.05, 3.63) is 11.8 Å². The van der Waals surface area contributed by atoms with Gasteiger partial charge in [0.2, 0.25) is 0 Å². The normalized spacial score (nSPS) is 20.2. The van der Waals surface area contributed by atoms with Gasteiger partial charge >= 0.3 is 0 Å². The summed E-state index contributed by atoms with van der Waals surface area (Å²) in [6, 6.07) is 0.213. The van der Waals surface area contributed by atoms with Gasteiger partial charge in [-0.2, -0.15) is 0 Å². The van der Waals surface area contributed by atoms with Crippen molar-refractivity contribution in [3.63, 3.8) is 0 Å². The summed E-state index contributed by atoms with van der Waals surface area (Å²) in [5.74, 6) is 0. The maximum absolute atomic E-state index is 10.2. The molecule has 0 radical (unpaired) electrons. The second-order valence-corrected chi connectivity index (χ2v) is 2.25. The molecule has 1 aliphatic heterocycles. The van der Waals surface area contributed by atoms with Crippen LogP contribution in [0.2, 0.25) is 0 Å². The first-order valence-corrected chi connectivity index (χ1v) is 3.35. The smallest absolute Gasteiger partial charge is 0.153 e. The Bertz CT molecular complexity index is 195. The third-order valence-corrected chi connectivity index (χ3v) is 1.38. The third-order valence-electron chi connectivity index (χ3n) is 1.38. The molecule has 0 aromatic rings. The van der Waals surface area contributed by atoms with Crippen LogP contribution in [0.1, 0.15) is 0 Å². The number of ether oxygens (including phenoxy) is 1. The monoisotopic (exact) mass is 154 g/mol. The first-order chi connectivity index (χ1) is 5.36. The lowest BCUT2D eigenvalue weighted by Gasteiger charge is -2.21. The van der Waals surface area contributed by atoms with E-state index < -0.39 is 0 Å². The third kappa shape index (κ3) is 2.16. The molecule has 1 aliphatic rings. The van der Waals surface area contributed by atoms with E-state index in [-0.39, 0.29) is 6.04 Å². The van der Waals surface area contributed by atoms with Crippen LogP contribution in [0.3, 0.4) is 0 Å². The molecule has 0 bridgehead atoms. The predicted molar refractivity (Wildman–Crippen MR) is 41.4 cm³/mol. The quantitative estimate of drug-likeness (QED) is 0.338. The second kappa shape index (κ2) is 3.88. The van der Waals surface area contributed by atoms with Gasteiger partial charge in [0, 0.05) is 18.0 Å². The molecule has 0 aliphatic carbocycles. The first kappa shape index (κ1) is 7.94. The summed E-state index contributed by atoms with van der Waals surface area (Å²) in [6.45, 7) is 1.29. The van der Waals surface area contributed by atoms with Crippen molar-refractivity contribution in [3.8, 4) is 0 Å². The number of nitrogens with two attached hydrogens (primary N) is 1. The molecule has 4 nitrogen and oxygen atoms in total. The summed E-state index contributed by atoms with van der Waals surface area (Å²) in [7, 11) is 0. The van der Waals surface area contributed by atoms with E-state index in [1.807, 2.05) is 0 Å². The lowest BCUT2D eigenvalue weighted by molar-refractivity contribution is -0.104. The highest BCUT2D eigenvalue weighted by molar-refractivity contribution is 6.01. The van der Waals surface area contributed by atoms with Crippen LogP contribution in [0.15, 0.2) is 16.8 Å². The summed E-state index contributed by atoms with van der Waals surface area (Å²) in [4.78, 5) is 14.2. The van der Waals surface area contributed by atoms with Gasteiger partial charge in [0.25, 0.3) is 0 Å². The molecule has 1 fully saturated rings. The molecule has 60 valence electrons. The fourth-order valence-corrected chi connectivity index (χ4v) is 0.614. The van der Waals surface area contributed by atoms with Gasteiger partial charge in [0.15, 0.2) is 6.29 Å². The van der Waals surface area contributed by atoms with E-state index in [9.17, 15) is 4.79 Å². The minimum Gasteiger partial charge on any atom is -0.404 e. The number of carbonyl (C=O) groups is 1. The number of allylic oxidation sites excluding steroid dienone is 1. The van der Waals surface area contributed by atoms with Crippen LogP contribution in [0.5, 0.6) is 0 Å². The maximum atomic E-state index is 10.2. The van der Waals surface area contributed by atoms with Gasteiger partial charge in [0.05, 0.1) is 19.3 Å². The van der Waals surface area contributed by atoms with E-state index >= 15 is 0 Å². The van der Waals surface area contributed by atoms with Crippen molar-refractivity contribution in [2.24, 2.45) is 10.7 Å². The molecule has 1 heterocycles. The SMILES string of the molecule is N/C=C(/C=O)C=NC1COC1. The zero-order valence-electron chi connectivity index (χ0n) is 6.06. The van der Waals surface area contributed by atoms with E-state index in [2.05, 4.69) is 4.99 Å². The molecule has 11 heavy (non-hydrogen) atoms. The average molecular weight is 154 g/mol. The Hall–Kier alpha value is -1.16. The van der Waals surface area contributed by atoms with Crippen LogP contribution in [-0.2, 0) is 9.53 Å². The number of aliphatic imine (C=N–C) groups is 1. The zero-order chi connectivity index (χ0) is 8.10. The van der Waals surface area contributed by atoms with Crippen molar-refractivity contribution >= 4 is 12.5 Å². The molecule has 0 aromatic carbocycles. The Morgan fingerprint density at radius 3 is 2.73 bits per heavy atom. The fraction of sp³-hybridized carbons (Fsp3) is 0.429. The van der Waals surface area contributed by atoms with Crippen LogP contribution in [-0.4, -0.2) is 31.8 Å². The standard InChI is InChI=1S/C7H10N2O2/c8-1-6(3-10)2-9-7-4-11-5-7/h1-3,7H,4-5,8H2/b6-1+,9-2?. The largest absolute Gasteiger partial charge is 0.404 e. The molecule has 2 N–H and O–H groups in total. The van der Waals surface area contributed by atoms with Gasteiger partial charge in [-0.1, -0.05) is 0 Å². The van der Waals surface area contributed by atoms with Crippen molar-refractivity contribution < 1.29 is 9.53 Å². The molecule has 0 atom stereocenters. The first-order valence-electron chi connectivity index (χ1n) is 3.35. The topological polar surface area (TPSA) is 64.7 Å². The Morgan fingerprint density at radius 2 is 2.36 bits per heavy atom. The zero-order valence-corrected chi connectivity index (χ0v) is 6.06. The summed E-state index contributed by atoms with van der Waals surface area (Å²) in [5.41, 5.74) is 5.51. The number of hydrogen-bond acceptors (Lipinski definition) is 4. The molecule has 0 unspecified atom stereocenters. The summed E-state index contributed by atoms with van der Waals surface area (Å²) >= 11 is 0. The molecule has 0 saturated carbocycles. The summed E-state index contributed by atoms with van der Waals surface area (Å²) in [6.07, 6.45) is 3.37. The highest BCUT2D eigenvalue weighted by Crippen LogP contribution is 2.03. The Balaban J connectivity index is 2.37. The Labute approximate surface area is 64.7 Å². The van der Waals surface area contributed by atoms with Gasteiger partial charge in [-0.25, -0.2) is 0 Å². The van der Waals surface area contributed by atoms with E-state index in [1.54, 1.807) is 0 Å². The molecular formula is C7H10N2O2. The number of nitrogens with zero attached hydrogens (tertiary/aromatic N) is 1. The Kier molecular flexibility index (Phi) is 2.80. The minimum atomic E-state index is 0.213. The molecule has 0 aromatic heterocycles. The highest BCUT2D eigenvalue weighted by Gasteiger charge is 2.15. The van der Waals surface area contributed by atoms with Crippen LogP contribution in [0, 0.1) is 0 Å². The molecule has 1 rings (SSSR count). The van der Waals surface area contributed by atoms with Crippen LogP contribution >= 0.6 is 0 Å². The summed E-state index contributed by atoms with van der Waals surface area (Å²) < 4.78 is 4.88. The van der Waals surface area contributed by atoms with Gasteiger partial charge in [-0.05, 0) is 0 Å². The van der Waals surface area contributed by atoms with Gasteiger partial charge in [-0.3, -0.25) is 9.79 Å². The van der Waals surface area contributed by atoms with E-state index in [0.29, 0.717) is 25.1 Å². The summed E-state index contributed by atoms with van der Waals surface area (Å²) in [5, 5.41) is 0. The van der Waals surface area contributed by atoms with Crippen LogP contribution in [0.25, 0.3) is 0 Å². The van der Waals surface area contributed by atoms with E-state index in [0.717, 1.165) is 0 Å². The van der Waals surface area contributed by atoms with Crippen LogP contribution < -0.4 is 5.73 Å². The van der Waals surface area contributed by atoms with Crippen LogP contribution in [0.4, 0.5) is 0 Å². The highest BCUT2D eigenvalue weighted by atomic mass is 16.5. The van der Waals surface area contributed by atoms with E-state index in [1.165, 1.54) is 12.4 Å². The van der Waals surface area contributed by atoms with Crippen molar-refractivity contribution in [1.82, 2.24) is 0 Å². The van der Waals surface area contributed by atoms with Gasteiger partial charge < -0.3 is 10.5 Å². The number of rotatable bonds is 3. The van der Waals surface area contributed by atoms with Crippen molar-refractivity contribution in [2.75, 3.05) is 13.2 Å². The lowest BCUT2D eigenvalue weighted by Crippen LogP contribution is -2.31. The molecule has 1 saturated heterocycles. The number of carbonyl (C=O) groups excluding carboxylic acids is 1. The molecule has 0 spiro atoms. The minimum absolute atomic E-state index is 0.213. The van der Waals surface area contributed by atoms with Crippen molar-refractivity contribution in [1.29, 1.82) is 0 Å². The predicted octanol–water partition coefficient (Wildman–Crippen LogP) is -0.503. The van der Waals surface area contributed by atoms with E-state index in [4.69, 9.17) is 10.5 Å². The average Bonchev–Trinajstić information content (AvgIpc) is 1.95. The van der Waals surface area contributed by atoms with Gasteiger partial charge in [-0.15, -0.1) is 0 Å². The number of hydrogen-bond donors (Lipinski definition) is 1. The molecule has 0 amide bonds. The van der Waals surface area contributed by atoms with Gasteiger partial charge in [0.1, 0.15) is 0 Å². The Morgan fingerprint density at radius 1 is 1.64 bits per heavy atom. The molecule has 4 heteroatoms. The maximum Gasteiger partial charge on any atom is 0.153 e. The van der Waals surface area contributed by atoms with Crippen molar-refractivity contribution in [2.45, 2.75) is 6.04 Å². The fourth-order valence-electron chi connectivity index (χ4n) is 0.614. The second-order valence-electron chi connectivity index (χ2n) is 2.25. The molecular weight excluding hydrogens is 144 g/mol.